The fraction of sp³-hybridized carbons (Fsp3) is 0.318. The fourth-order valence-corrected chi connectivity index (χ4v) is 4.20. The van der Waals surface area contributed by atoms with Gasteiger partial charge in [0.05, 0.1) is 21.3 Å². The van der Waals surface area contributed by atoms with Crippen molar-refractivity contribution in [3.8, 4) is 34.3 Å². The van der Waals surface area contributed by atoms with Gasteiger partial charge in [-0.2, -0.15) is 0 Å². The first-order chi connectivity index (χ1) is 15.5. The third-order valence-corrected chi connectivity index (χ3v) is 5.60. The molecular formula is C22H25O10P. The molecule has 0 amide bonds. The number of hydrogen-bond donors (Lipinski definition) is 2. The minimum absolute atomic E-state index is 0.0978. The van der Waals surface area contributed by atoms with Gasteiger partial charge in [-0.1, -0.05) is 0 Å². The molecule has 0 saturated heterocycles. The van der Waals surface area contributed by atoms with Crippen molar-refractivity contribution >= 4 is 18.6 Å². The molecule has 0 bridgehead atoms. The van der Waals surface area contributed by atoms with Gasteiger partial charge in [0.15, 0.2) is 29.1 Å². The molecule has 10 nitrogen and oxygen atoms in total. The summed E-state index contributed by atoms with van der Waals surface area (Å²) in [4.78, 5) is 22.7. The molecule has 33 heavy (non-hydrogen) atoms. The second-order valence-electron chi connectivity index (χ2n) is 7.49. The summed E-state index contributed by atoms with van der Waals surface area (Å²) in [6.07, 6.45) is -0.745. The molecule has 3 rings (SSSR count). The highest BCUT2D eigenvalue weighted by Crippen LogP contribution is 2.46. The number of rotatable bonds is 9. The Kier molecular flexibility index (Phi) is 7.04. The van der Waals surface area contributed by atoms with Crippen LogP contribution < -0.4 is 24.4 Å². The van der Waals surface area contributed by atoms with E-state index in [1.807, 2.05) is 0 Å². The summed E-state index contributed by atoms with van der Waals surface area (Å²) < 4.78 is 44.1. The molecule has 1 aromatic heterocycles. The Morgan fingerprint density at radius 3 is 2.24 bits per heavy atom. The standard InChI is InChI=1S/C22H25O10P/c1-22(2,24)32-33(25,26)12-30-14-9-19(29-5)21-15(23)11-17(31-20(21)10-14)13-6-7-16(27-3)18(8-13)28-4/h6-11,24H,12H2,1-5H3,(H,25,26). The summed E-state index contributed by atoms with van der Waals surface area (Å²) in [6, 6.07) is 9.16. The summed E-state index contributed by atoms with van der Waals surface area (Å²) in [5, 5.41) is 9.79. The summed E-state index contributed by atoms with van der Waals surface area (Å²) in [7, 11) is 0.0986. The van der Waals surface area contributed by atoms with E-state index in [1.54, 1.807) is 18.2 Å². The van der Waals surface area contributed by atoms with Crippen LogP contribution in [-0.2, 0) is 9.09 Å². The molecule has 1 unspecified atom stereocenters. The van der Waals surface area contributed by atoms with Crippen LogP contribution >= 0.6 is 7.60 Å². The van der Waals surface area contributed by atoms with E-state index in [0.29, 0.717) is 17.1 Å². The molecule has 0 saturated carbocycles. The first kappa shape index (κ1) is 24.6. The van der Waals surface area contributed by atoms with Gasteiger partial charge in [0.2, 0.25) is 0 Å². The predicted octanol–water partition coefficient (Wildman–Crippen LogP) is 3.75. The maximum absolute atomic E-state index is 12.8. The van der Waals surface area contributed by atoms with Crippen molar-refractivity contribution in [2.45, 2.75) is 19.6 Å². The molecule has 2 aromatic carbocycles. The van der Waals surface area contributed by atoms with Crippen LogP contribution in [-0.4, -0.2) is 43.5 Å². The Morgan fingerprint density at radius 1 is 0.970 bits per heavy atom. The van der Waals surface area contributed by atoms with Crippen LogP contribution in [0.4, 0.5) is 0 Å². The molecule has 1 heterocycles. The van der Waals surface area contributed by atoms with Crippen LogP contribution in [0.2, 0.25) is 0 Å². The summed E-state index contributed by atoms with van der Waals surface area (Å²) in [5.74, 6) is -0.338. The lowest BCUT2D eigenvalue weighted by molar-refractivity contribution is -0.111. The van der Waals surface area contributed by atoms with Gasteiger partial charge < -0.3 is 33.4 Å². The highest BCUT2D eigenvalue weighted by molar-refractivity contribution is 7.52. The third-order valence-electron chi connectivity index (χ3n) is 4.42. The largest absolute Gasteiger partial charge is 0.496 e. The van der Waals surface area contributed by atoms with Crippen molar-refractivity contribution < 1.29 is 42.5 Å². The van der Waals surface area contributed by atoms with Crippen molar-refractivity contribution in [1.29, 1.82) is 0 Å². The van der Waals surface area contributed by atoms with E-state index in [2.05, 4.69) is 0 Å². The van der Waals surface area contributed by atoms with Crippen molar-refractivity contribution in [1.82, 2.24) is 0 Å². The Bertz CT molecular complexity index is 1260. The van der Waals surface area contributed by atoms with Gasteiger partial charge in [0.25, 0.3) is 0 Å². The summed E-state index contributed by atoms with van der Waals surface area (Å²) in [6.45, 7) is 2.44. The van der Waals surface area contributed by atoms with E-state index in [-0.39, 0.29) is 33.7 Å². The molecule has 0 aliphatic rings. The van der Waals surface area contributed by atoms with Gasteiger partial charge in [-0.25, -0.2) is 0 Å². The fourth-order valence-electron chi connectivity index (χ4n) is 3.14. The second kappa shape index (κ2) is 9.44. The molecule has 2 N–H and O–H groups in total. The first-order valence-corrected chi connectivity index (χ1v) is 11.5. The molecule has 3 aromatic rings. The lowest BCUT2D eigenvalue weighted by atomic mass is 10.1. The zero-order chi connectivity index (χ0) is 24.4. The molecule has 0 spiro atoms. The van der Waals surface area contributed by atoms with Crippen molar-refractivity contribution in [3.05, 3.63) is 46.6 Å². The molecule has 0 aliphatic heterocycles. The van der Waals surface area contributed by atoms with Crippen LogP contribution in [0, 0.1) is 0 Å². The topological polar surface area (TPSA) is 134 Å². The van der Waals surface area contributed by atoms with Gasteiger partial charge in [0.1, 0.15) is 28.2 Å². The van der Waals surface area contributed by atoms with Crippen LogP contribution in [0.5, 0.6) is 23.0 Å². The quantitative estimate of drug-likeness (QED) is 0.344. The number of hydrogen-bond acceptors (Lipinski definition) is 9. The predicted molar refractivity (Wildman–Crippen MR) is 120 cm³/mol. The van der Waals surface area contributed by atoms with E-state index >= 15 is 0 Å². The Balaban J connectivity index is 2.03. The lowest BCUT2D eigenvalue weighted by Gasteiger charge is -2.22. The average molecular weight is 480 g/mol. The Hall–Kier alpha value is -3.04. The van der Waals surface area contributed by atoms with E-state index in [4.69, 9.17) is 27.9 Å². The van der Waals surface area contributed by atoms with Gasteiger partial charge >= 0.3 is 7.60 Å². The minimum Gasteiger partial charge on any atom is -0.496 e. The minimum atomic E-state index is -4.28. The Labute approximate surface area is 189 Å². The number of aliphatic hydroxyl groups is 1. The van der Waals surface area contributed by atoms with Gasteiger partial charge in [-0.05, 0) is 32.0 Å². The first-order valence-electron chi connectivity index (χ1n) is 9.72. The molecular weight excluding hydrogens is 455 g/mol. The van der Waals surface area contributed by atoms with E-state index < -0.39 is 19.7 Å². The SMILES string of the molecule is COc1ccc(-c2cc(=O)c3c(OC)cc(OCP(=O)(O)OC(C)(C)O)cc3o2)cc1OC. The summed E-state index contributed by atoms with van der Waals surface area (Å²) >= 11 is 0. The number of methoxy groups -OCH3 is 3. The third kappa shape index (κ3) is 5.85. The smallest absolute Gasteiger partial charge is 0.367 e. The zero-order valence-electron chi connectivity index (χ0n) is 18.8. The molecule has 0 radical (unpaired) electrons. The molecule has 1 atom stereocenters. The lowest BCUT2D eigenvalue weighted by Crippen LogP contribution is -2.23. The van der Waals surface area contributed by atoms with Crippen LogP contribution in [0.15, 0.2) is 45.6 Å². The van der Waals surface area contributed by atoms with Crippen molar-refractivity contribution in [2.24, 2.45) is 0 Å². The van der Waals surface area contributed by atoms with Gasteiger partial charge in [-0.3, -0.25) is 13.9 Å². The maximum atomic E-state index is 12.8. The molecule has 0 fully saturated rings. The van der Waals surface area contributed by atoms with E-state index in [1.165, 1.54) is 53.4 Å². The highest BCUT2D eigenvalue weighted by atomic mass is 31.2. The monoisotopic (exact) mass is 480 g/mol. The highest BCUT2D eigenvalue weighted by Gasteiger charge is 2.29. The molecule has 178 valence electrons. The maximum Gasteiger partial charge on any atom is 0.367 e. The average Bonchev–Trinajstić information content (AvgIpc) is 2.74. The second-order valence-corrected chi connectivity index (χ2v) is 9.21. The summed E-state index contributed by atoms with van der Waals surface area (Å²) in [5.41, 5.74) is 0.343. The number of fused-ring (bicyclic) bond motifs is 1. The van der Waals surface area contributed by atoms with Crippen molar-refractivity contribution in [3.63, 3.8) is 0 Å². The van der Waals surface area contributed by atoms with Crippen LogP contribution in [0.3, 0.4) is 0 Å². The normalized spacial score (nSPS) is 13.4. The number of benzene rings is 2. The zero-order valence-corrected chi connectivity index (χ0v) is 19.7. The Morgan fingerprint density at radius 2 is 1.64 bits per heavy atom. The van der Waals surface area contributed by atoms with E-state index in [0.717, 1.165) is 0 Å². The van der Waals surface area contributed by atoms with Gasteiger partial charge in [0, 0.05) is 23.8 Å². The van der Waals surface area contributed by atoms with Gasteiger partial charge in [-0.15, -0.1) is 0 Å². The van der Waals surface area contributed by atoms with E-state index in [9.17, 15) is 19.4 Å². The molecule has 11 heteroatoms. The van der Waals surface area contributed by atoms with Crippen LogP contribution in [0.1, 0.15) is 13.8 Å². The van der Waals surface area contributed by atoms with Crippen molar-refractivity contribution in [2.75, 3.05) is 27.7 Å². The number of ether oxygens (including phenoxy) is 4. The van der Waals surface area contributed by atoms with Crippen LogP contribution in [0.25, 0.3) is 22.3 Å². The molecule has 0 aliphatic carbocycles.